The SMILES string of the molecule is C[C@@H]1CC[C@@H](C(C)(C)c2ccccc2)[C@H](OC(=O)/C(=N\P(=O)(c2ccccc2)c2ccccc2)c2ccccc2)C1. The average Bonchev–Trinajstić information content (AvgIpc) is 3.01. The number of benzene rings is 4. The van der Waals surface area contributed by atoms with Gasteiger partial charge in [-0.2, -0.15) is 0 Å². The van der Waals surface area contributed by atoms with Gasteiger partial charge in [-0.15, -0.1) is 0 Å². The highest BCUT2D eigenvalue weighted by Gasteiger charge is 2.42. The third kappa shape index (κ3) is 6.29. The van der Waals surface area contributed by atoms with E-state index in [-0.39, 0.29) is 23.1 Å². The highest BCUT2D eigenvalue weighted by atomic mass is 31.2. The lowest BCUT2D eigenvalue weighted by Gasteiger charge is -2.44. The maximum atomic E-state index is 14.9. The molecule has 1 saturated carbocycles. The van der Waals surface area contributed by atoms with Crippen LogP contribution < -0.4 is 10.6 Å². The number of hydrogen-bond donors (Lipinski definition) is 0. The molecule has 0 spiro atoms. The molecule has 0 radical (unpaired) electrons. The van der Waals surface area contributed by atoms with Gasteiger partial charge in [-0.1, -0.05) is 124 Å². The van der Waals surface area contributed by atoms with Crippen LogP contribution in [-0.2, 0) is 19.5 Å². The van der Waals surface area contributed by atoms with Gasteiger partial charge in [-0.05, 0) is 54.0 Å². The fourth-order valence-corrected chi connectivity index (χ4v) is 8.20. The van der Waals surface area contributed by atoms with Crippen molar-refractivity contribution in [1.82, 2.24) is 0 Å². The molecular formula is C36H38NO3P. The van der Waals surface area contributed by atoms with E-state index in [1.807, 2.05) is 97.1 Å². The Morgan fingerprint density at radius 2 is 1.24 bits per heavy atom. The summed E-state index contributed by atoms with van der Waals surface area (Å²) in [6.45, 7) is 6.71. The minimum absolute atomic E-state index is 0.0936. The zero-order valence-electron chi connectivity index (χ0n) is 24.0. The maximum absolute atomic E-state index is 14.9. The molecule has 0 saturated heterocycles. The van der Waals surface area contributed by atoms with Crippen LogP contribution in [0.2, 0.25) is 0 Å². The number of carbonyl (C=O) groups excluding carboxylic acids is 1. The second-order valence-electron chi connectivity index (χ2n) is 11.6. The molecule has 210 valence electrons. The molecule has 4 aromatic carbocycles. The Balaban J connectivity index is 1.57. The number of hydrogen-bond acceptors (Lipinski definition) is 3. The van der Waals surface area contributed by atoms with Crippen molar-refractivity contribution in [3.8, 4) is 0 Å². The summed E-state index contributed by atoms with van der Waals surface area (Å²) in [6.07, 6.45) is 2.55. The molecule has 0 aromatic heterocycles. The van der Waals surface area contributed by atoms with Crippen LogP contribution in [0.1, 0.15) is 51.2 Å². The fourth-order valence-electron chi connectivity index (χ4n) is 6.04. The van der Waals surface area contributed by atoms with E-state index in [1.54, 1.807) is 0 Å². The van der Waals surface area contributed by atoms with E-state index >= 15 is 0 Å². The predicted octanol–water partition coefficient (Wildman–Crippen LogP) is 7.73. The van der Waals surface area contributed by atoms with Crippen molar-refractivity contribution in [1.29, 1.82) is 0 Å². The first-order chi connectivity index (χ1) is 19.8. The predicted molar refractivity (Wildman–Crippen MR) is 169 cm³/mol. The monoisotopic (exact) mass is 563 g/mol. The number of nitrogens with zero attached hydrogens (tertiary/aromatic N) is 1. The third-order valence-electron chi connectivity index (χ3n) is 8.45. The van der Waals surface area contributed by atoms with Crippen LogP contribution in [0, 0.1) is 11.8 Å². The Kier molecular flexibility index (Phi) is 8.71. The number of carbonyl (C=O) groups is 1. The van der Waals surface area contributed by atoms with E-state index in [0.717, 1.165) is 19.3 Å². The first kappa shape index (κ1) is 28.8. The molecule has 3 atom stereocenters. The summed E-state index contributed by atoms with van der Waals surface area (Å²) < 4.78 is 26.1. The summed E-state index contributed by atoms with van der Waals surface area (Å²) in [6, 6.07) is 38.1. The summed E-state index contributed by atoms with van der Waals surface area (Å²) in [5.74, 6) is 0.0425. The maximum Gasteiger partial charge on any atom is 0.357 e. The van der Waals surface area contributed by atoms with E-state index in [1.165, 1.54) is 5.56 Å². The van der Waals surface area contributed by atoms with Gasteiger partial charge in [0.05, 0.1) is 0 Å². The molecule has 5 heteroatoms. The zero-order chi connectivity index (χ0) is 28.9. The molecule has 1 aliphatic rings. The summed E-state index contributed by atoms with van der Waals surface area (Å²) >= 11 is 0. The molecule has 0 unspecified atom stereocenters. The summed E-state index contributed by atoms with van der Waals surface area (Å²) in [5.41, 5.74) is 1.72. The standard InChI is InChI=1S/C36H38NO3P/c1-27-24-25-32(36(2,3)29-18-10-5-11-19-29)33(26-27)40-35(38)34(28-16-8-4-9-17-28)37-41(39,30-20-12-6-13-21-30)31-22-14-7-15-23-31/h4-23,27,32-33H,24-26H2,1-3H3/b37-34-/t27-,32-,33-/m1/s1. The molecule has 5 rings (SSSR count). The first-order valence-electron chi connectivity index (χ1n) is 14.4. The van der Waals surface area contributed by atoms with Crippen LogP contribution in [0.5, 0.6) is 0 Å². The van der Waals surface area contributed by atoms with Crippen LogP contribution in [0.15, 0.2) is 126 Å². The van der Waals surface area contributed by atoms with Gasteiger partial charge in [-0.3, -0.25) is 4.57 Å². The quantitative estimate of drug-likeness (QED) is 0.125. The van der Waals surface area contributed by atoms with Gasteiger partial charge < -0.3 is 4.74 Å². The van der Waals surface area contributed by atoms with Crippen molar-refractivity contribution in [2.45, 2.75) is 51.6 Å². The summed E-state index contributed by atoms with van der Waals surface area (Å²) in [4.78, 5) is 14.2. The normalized spacial score (nSPS) is 19.9. The van der Waals surface area contributed by atoms with Crippen LogP contribution in [0.4, 0.5) is 0 Å². The molecule has 0 heterocycles. The van der Waals surface area contributed by atoms with E-state index in [0.29, 0.717) is 22.1 Å². The topological polar surface area (TPSA) is 55.7 Å². The van der Waals surface area contributed by atoms with E-state index in [4.69, 9.17) is 9.50 Å². The molecule has 4 aromatic rings. The lowest BCUT2D eigenvalue weighted by atomic mass is 9.64. The summed E-state index contributed by atoms with van der Waals surface area (Å²) in [5, 5.41) is 1.14. The van der Waals surface area contributed by atoms with Crippen molar-refractivity contribution in [3.63, 3.8) is 0 Å². The molecular weight excluding hydrogens is 525 g/mol. The van der Waals surface area contributed by atoms with Crippen molar-refractivity contribution in [3.05, 3.63) is 132 Å². The fraction of sp³-hybridized carbons (Fsp3) is 0.278. The molecule has 1 fully saturated rings. The number of esters is 1. The highest BCUT2D eigenvalue weighted by Crippen LogP contribution is 2.47. The molecule has 0 amide bonds. The Hall–Kier alpha value is -3.75. The van der Waals surface area contributed by atoms with Gasteiger partial charge in [-0.25, -0.2) is 9.56 Å². The average molecular weight is 564 g/mol. The van der Waals surface area contributed by atoms with Crippen molar-refractivity contribution >= 4 is 29.6 Å². The molecule has 1 aliphatic carbocycles. The minimum Gasteiger partial charge on any atom is -0.457 e. The Morgan fingerprint density at radius 1 is 0.756 bits per heavy atom. The van der Waals surface area contributed by atoms with Crippen LogP contribution in [0.25, 0.3) is 0 Å². The Morgan fingerprint density at radius 3 is 1.78 bits per heavy atom. The van der Waals surface area contributed by atoms with Crippen LogP contribution in [0.3, 0.4) is 0 Å². The van der Waals surface area contributed by atoms with Gasteiger partial charge in [0.2, 0.25) is 7.29 Å². The molecule has 41 heavy (non-hydrogen) atoms. The first-order valence-corrected chi connectivity index (χ1v) is 16.1. The Bertz CT molecular complexity index is 1480. The third-order valence-corrected chi connectivity index (χ3v) is 10.9. The minimum atomic E-state index is -3.57. The highest BCUT2D eigenvalue weighted by molar-refractivity contribution is 7.77. The zero-order valence-corrected chi connectivity index (χ0v) is 24.9. The molecule has 0 N–H and O–H groups in total. The second-order valence-corrected chi connectivity index (χ2v) is 14.0. The van der Waals surface area contributed by atoms with Crippen LogP contribution in [-0.4, -0.2) is 17.8 Å². The largest absolute Gasteiger partial charge is 0.457 e. The van der Waals surface area contributed by atoms with Crippen molar-refractivity contribution in [2.24, 2.45) is 16.6 Å². The van der Waals surface area contributed by atoms with E-state index in [2.05, 4.69) is 45.0 Å². The number of ether oxygens (including phenoxy) is 1. The molecule has 0 bridgehead atoms. The van der Waals surface area contributed by atoms with E-state index in [9.17, 15) is 9.36 Å². The molecule has 0 aliphatic heterocycles. The van der Waals surface area contributed by atoms with Gasteiger partial charge in [0.15, 0.2) is 5.71 Å². The van der Waals surface area contributed by atoms with Gasteiger partial charge in [0.25, 0.3) is 0 Å². The number of rotatable bonds is 8. The molecule has 4 nitrogen and oxygen atoms in total. The van der Waals surface area contributed by atoms with Crippen molar-refractivity contribution < 1.29 is 14.1 Å². The van der Waals surface area contributed by atoms with Crippen LogP contribution >= 0.6 is 7.29 Å². The van der Waals surface area contributed by atoms with Gasteiger partial charge in [0, 0.05) is 22.1 Å². The van der Waals surface area contributed by atoms with Gasteiger partial charge >= 0.3 is 5.97 Å². The second kappa shape index (κ2) is 12.4. The Labute approximate surface area is 243 Å². The summed E-state index contributed by atoms with van der Waals surface area (Å²) in [7, 11) is -3.57. The lowest BCUT2D eigenvalue weighted by Crippen LogP contribution is -2.44. The lowest BCUT2D eigenvalue weighted by molar-refractivity contribution is -0.148. The van der Waals surface area contributed by atoms with Gasteiger partial charge in [0.1, 0.15) is 6.10 Å². The van der Waals surface area contributed by atoms with E-state index < -0.39 is 13.3 Å². The smallest absolute Gasteiger partial charge is 0.357 e. The van der Waals surface area contributed by atoms with Crippen molar-refractivity contribution in [2.75, 3.05) is 0 Å².